The first-order valence-corrected chi connectivity index (χ1v) is 7.53. The van der Waals surface area contributed by atoms with Crippen molar-refractivity contribution in [2.24, 2.45) is 0 Å². The van der Waals surface area contributed by atoms with Crippen molar-refractivity contribution in [3.63, 3.8) is 0 Å². The van der Waals surface area contributed by atoms with Crippen molar-refractivity contribution in [1.82, 2.24) is 4.90 Å². The number of piperidine rings is 1. The van der Waals surface area contributed by atoms with Crippen molar-refractivity contribution in [2.45, 2.75) is 26.2 Å². The normalized spacial score (nSPS) is 15.7. The van der Waals surface area contributed by atoms with E-state index in [2.05, 4.69) is 4.90 Å². The maximum atomic E-state index is 11.7. The summed E-state index contributed by atoms with van der Waals surface area (Å²) >= 11 is 0. The van der Waals surface area contributed by atoms with Crippen LogP contribution in [-0.2, 0) is 9.53 Å². The highest BCUT2D eigenvalue weighted by Gasteiger charge is 2.11. The number of hydrogen-bond acceptors (Lipinski definition) is 4. The number of benzene rings is 1. The molecule has 0 saturated carbocycles. The van der Waals surface area contributed by atoms with Crippen LogP contribution in [0, 0.1) is 0 Å². The molecule has 0 radical (unpaired) electrons. The molecule has 0 aliphatic carbocycles. The van der Waals surface area contributed by atoms with Crippen LogP contribution in [0.25, 0.3) is 0 Å². The topological polar surface area (TPSA) is 38.8 Å². The predicted molar refractivity (Wildman–Crippen MR) is 82.1 cm³/mol. The molecule has 1 aromatic carbocycles. The number of allylic oxidation sites excluding steroid dienone is 1. The van der Waals surface area contributed by atoms with Crippen LogP contribution in [0.3, 0.4) is 0 Å². The summed E-state index contributed by atoms with van der Waals surface area (Å²) in [5.74, 6) is 0.489. The molecule has 2 rings (SSSR count). The van der Waals surface area contributed by atoms with Crippen molar-refractivity contribution < 1.29 is 14.3 Å². The Bertz CT molecular complexity index is 464. The van der Waals surface area contributed by atoms with Crippen molar-refractivity contribution >= 4 is 5.97 Å². The van der Waals surface area contributed by atoms with Crippen molar-refractivity contribution in [1.29, 1.82) is 0 Å². The van der Waals surface area contributed by atoms with Crippen LogP contribution in [0.2, 0.25) is 0 Å². The summed E-state index contributed by atoms with van der Waals surface area (Å²) in [6.45, 7) is 4.66. The van der Waals surface area contributed by atoms with E-state index in [0.29, 0.717) is 6.61 Å². The van der Waals surface area contributed by atoms with Gasteiger partial charge in [-0.1, -0.05) is 18.2 Å². The van der Waals surface area contributed by atoms with E-state index in [1.165, 1.54) is 19.3 Å². The Hall–Kier alpha value is -1.97. The number of carbonyl (C=O) groups is 1. The van der Waals surface area contributed by atoms with Gasteiger partial charge in [0.25, 0.3) is 0 Å². The Kier molecular flexibility index (Phi) is 6.13. The third-order valence-electron chi connectivity index (χ3n) is 3.52. The van der Waals surface area contributed by atoms with Crippen LogP contribution in [0.1, 0.15) is 26.2 Å². The van der Waals surface area contributed by atoms with Crippen LogP contribution >= 0.6 is 0 Å². The minimum Gasteiger partial charge on any atom is -0.490 e. The lowest BCUT2D eigenvalue weighted by Gasteiger charge is -2.29. The lowest BCUT2D eigenvalue weighted by Crippen LogP contribution is -2.28. The van der Waals surface area contributed by atoms with Crippen molar-refractivity contribution in [2.75, 3.05) is 26.3 Å². The zero-order valence-electron chi connectivity index (χ0n) is 12.6. The molecule has 4 nitrogen and oxygen atoms in total. The third kappa shape index (κ3) is 5.50. The van der Waals surface area contributed by atoms with Gasteiger partial charge >= 0.3 is 5.97 Å². The summed E-state index contributed by atoms with van der Waals surface area (Å²) in [6, 6.07) is 9.50. The van der Waals surface area contributed by atoms with Gasteiger partial charge in [-0.05, 0) is 38.3 Å². The molecule has 0 aromatic heterocycles. The van der Waals surface area contributed by atoms with Gasteiger partial charge in [-0.3, -0.25) is 0 Å². The Balaban J connectivity index is 1.67. The summed E-state index contributed by atoms with van der Waals surface area (Å²) in [7, 11) is 0. The number of ether oxygens (including phenoxy) is 2. The van der Waals surface area contributed by atoms with E-state index in [4.69, 9.17) is 9.47 Å². The minimum atomic E-state index is -0.297. The summed E-state index contributed by atoms with van der Waals surface area (Å²) in [6.07, 6.45) is 5.26. The fraction of sp³-hybridized carbons (Fsp3) is 0.471. The average molecular weight is 289 g/mol. The van der Waals surface area contributed by atoms with E-state index in [9.17, 15) is 4.79 Å². The molecule has 0 unspecified atom stereocenters. The summed E-state index contributed by atoms with van der Waals surface area (Å²) < 4.78 is 10.6. The molecule has 1 fully saturated rings. The highest BCUT2D eigenvalue weighted by Crippen LogP contribution is 2.14. The molecule has 1 heterocycles. The van der Waals surface area contributed by atoms with Gasteiger partial charge in [0.2, 0.25) is 0 Å². The SMILES string of the molecule is CC(=CC(=O)OCCOc1ccccc1)N1CCCCC1. The molecular formula is C17H23NO3. The molecule has 0 N–H and O–H groups in total. The molecule has 0 amide bonds. The lowest BCUT2D eigenvalue weighted by atomic mass is 10.1. The highest BCUT2D eigenvalue weighted by atomic mass is 16.6. The van der Waals surface area contributed by atoms with Crippen LogP contribution in [0.15, 0.2) is 42.1 Å². The molecule has 0 atom stereocenters. The number of para-hydroxylation sites is 1. The lowest BCUT2D eigenvalue weighted by molar-refractivity contribution is -0.138. The van der Waals surface area contributed by atoms with E-state index in [1.807, 2.05) is 37.3 Å². The second-order valence-electron chi connectivity index (χ2n) is 5.16. The van der Waals surface area contributed by atoms with Gasteiger partial charge < -0.3 is 14.4 Å². The van der Waals surface area contributed by atoms with E-state index in [-0.39, 0.29) is 12.6 Å². The van der Waals surface area contributed by atoms with Crippen LogP contribution in [0.5, 0.6) is 5.75 Å². The molecule has 21 heavy (non-hydrogen) atoms. The summed E-state index contributed by atoms with van der Waals surface area (Å²) in [5.41, 5.74) is 0.990. The van der Waals surface area contributed by atoms with E-state index < -0.39 is 0 Å². The molecule has 1 aliphatic heterocycles. The van der Waals surface area contributed by atoms with Crippen LogP contribution in [0.4, 0.5) is 0 Å². The van der Waals surface area contributed by atoms with Crippen LogP contribution in [-0.4, -0.2) is 37.2 Å². The number of esters is 1. The molecule has 1 saturated heterocycles. The fourth-order valence-electron chi connectivity index (χ4n) is 2.37. The number of nitrogens with zero attached hydrogens (tertiary/aromatic N) is 1. The molecule has 1 aliphatic rings. The first-order chi connectivity index (χ1) is 10.3. The second-order valence-corrected chi connectivity index (χ2v) is 5.16. The number of rotatable bonds is 6. The van der Waals surface area contributed by atoms with Gasteiger partial charge in [-0.2, -0.15) is 0 Å². The first kappa shape index (κ1) is 15.4. The van der Waals surface area contributed by atoms with Crippen molar-refractivity contribution in [3.05, 3.63) is 42.1 Å². The molecule has 0 spiro atoms. The number of likely N-dealkylation sites (tertiary alicyclic amines) is 1. The van der Waals surface area contributed by atoms with Crippen LogP contribution < -0.4 is 4.74 Å². The average Bonchev–Trinajstić information content (AvgIpc) is 2.53. The maximum absolute atomic E-state index is 11.7. The monoisotopic (exact) mass is 289 g/mol. The number of carbonyl (C=O) groups excluding carboxylic acids is 1. The van der Waals surface area contributed by atoms with Gasteiger partial charge in [0, 0.05) is 24.9 Å². The standard InChI is InChI=1S/C17H23NO3/c1-15(18-10-6-3-7-11-18)14-17(19)21-13-12-20-16-8-4-2-5-9-16/h2,4-5,8-9,14H,3,6-7,10-13H2,1H3. The quantitative estimate of drug-likeness (QED) is 0.458. The molecule has 4 heteroatoms. The summed E-state index contributed by atoms with van der Waals surface area (Å²) in [5, 5.41) is 0. The van der Waals surface area contributed by atoms with Gasteiger partial charge in [-0.25, -0.2) is 4.79 Å². The second kappa shape index (κ2) is 8.35. The predicted octanol–water partition coefficient (Wildman–Crippen LogP) is 3.00. The highest BCUT2D eigenvalue weighted by molar-refractivity contribution is 5.82. The Morgan fingerprint density at radius 3 is 2.57 bits per heavy atom. The van der Waals surface area contributed by atoms with Gasteiger partial charge in [0.15, 0.2) is 0 Å². The third-order valence-corrected chi connectivity index (χ3v) is 3.52. The maximum Gasteiger partial charge on any atom is 0.332 e. The van der Waals surface area contributed by atoms with Crippen molar-refractivity contribution in [3.8, 4) is 5.75 Å². The van der Waals surface area contributed by atoms with Gasteiger partial charge in [0.05, 0.1) is 0 Å². The molecule has 1 aromatic rings. The fourth-order valence-corrected chi connectivity index (χ4v) is 2.37. The van der Waals surface area contributed by atoms with E-state index in [0.717, 1.165) is 24.5 Å². The molecular weight excluding hydrogens is 266 g/mol. The minimum absolute atomic E-state index is 0.261. The first-order valence-electron chi connectivity index (χ1n) is 7.53. The zero-order chi connectivity index (χ0) is 14.9. The molecule has 114 valence electrons. The smallest absolute Gasteiger partial charge is 0.332 e. The molecule has 0 bridgehead atoms. The number of hydrogen-bond donors (Lipinski definition) is 0. The Labute approximate surface area is 126 Å². The summed E-state index contributed by atoms with van der Waals surface area (Å²) in [4.78, 5) is 14.0. The zero-order valence-corrected chi connectivity index (χ0v) is 12.6. The van der Waals surface area contributed by atoms with E-state index in [1.54, 1.807) is 6.08 Å². The van der Waals surface area contributed by atoms with E-state index >= 15 is 0 Å². The Morgan fingerprint density at radius 1 is 1.14 bits per heavy atom. The Morgan fingerprint density at radius 2 is 1.86 bits per heavy atom. The van der Waals surface area contributed by atoms with Gasteiger partial charge in [-0.15, -0.1) is 0 Å². The largest absolute Gasteiger partial charge is 0.490 e. The van der Waals surface area contributed by atoms with Gasteiger partial charge in [0.1, 0.15) is 19.0 Å².